The number of ether oxygens (including phenoxy) is 1. The largest absolute Gasteiger partial charge is 0.497 e. The van der Waals surface area contributed by atoms with Crippen molar-refractivity contribution in [3.05, 3.63) is 77.5 Å². The molecule has 34 heavy (non-hydrogen) atoms. The standard InChI is InChI=1S/C15H17NO2.C9H12.C6H15N/c1-5-15(17)11(3)16-9-10(2)13-8-12(18-4)6-7-14(13)16;1-7-4-5-8(2)9(3)6-7;1-3-5-7-6-4-2/h5-9,11H,1H2,2-4H3;4-6H,1-3H3;7H,3-6H2,1-2H3. The summed E-state index contributed by atoms with van der Waals surface area (Å²) in [6.45, 7) is 20.6. The summed E-state index contributed by atoms with van der Waals surface area (Å²) in [6.07, 6.45) is 5.87. The number of fused-ring (bicyclic) bond motifs is 1. The molecule has 2 aromatic carbocycles. The summed E-state index contributed by atoms with van der Waals surface area (Å²) in [5, 5.41) is 4.39. The van der Waals surface area contributed by atoms with Crippen LogP contribution in [0, 0.1) is 27.7 Å². The molecule has 186 valence electrons. The van der Waals surface area contributed by atoms with Crippen molar-refractivity contribution < 1.29 is 9.53 Å². The van der Waals surface area contributed by atoms with Crippen LogP contribution in [0.2, 0.25) is 0 Å². The average Bonchev–Trinajstić information content (AvgIpc) is 3.17. The summed E-state index contributed by atoms with van der Waals surface area (Å²) in [5.41, 5.74) is 6.28. The number of nitrogens with zero attached hydrogens (tertiary/aromatic N) is 1. The van der Waals surface area contributed by atoms with Gasteiger partial charge in [-0.05, 0) is 102 Å². The Labute approximate surface area is 207 Å². The third kappa shape index (κ3) is 8.83. The third-order valence-corrected chi connectivity index (χ3v) is 5.79. The van der Waals surface area contributed by atoms with E-state index >= 15 is 0 Å². The van der Waals surface area contributed by atoms with Crippen LogP contribution in [0.4, 0.5) is 0 Å². The highest BCUT2D eigenvalue weighted by Crippen LogP contribution is 2.28. The number of allylic oxidation sites excluding steroid dienone is 1. The first kappa shape index (κ1) is 29.2. The van der Waals surface area contributed by atoms with E-state index in [4.69, 9.17) is 4.74 Å². The van der Waals surface area contributed by atoms with Crippen molar-refractivity contribution in [2.24, 2.45) is 0 Å². The number of benzene rings is 2. The molecule has 1 aromatic heterocycles. The fourth-order valence-electron chi connectivity index (χ4n) is 3.53. The molecule has 0 radical (unpaired) electrons. The zero-order valence-electron chi connectivity index (χ0n) is 22.5. The van der Waals surface area contributed by atoms with Crippen molar-refractivity contribution in [2.75, 3.05) is 20.2 Å². The van der Waals surface area contributed by atoms with E-state index in [9.17, 15) is 4.79 Å². The zero-order chi connectivity index (χ0) is 25.7. The molecule has 0 bridgehead atoms. The summed E-state index contributed by atoms with van der Waals surface area (Å²) in [6, 6.07) is 12.2. The lowest BCUT2D eigenvalue weighted by atomic mass is 10.1. The van der Waals surface area contributed by atoms with Crippen LogP contribution >= 0.6 is 0 Å². The van der Waals surface area contributed by atoms with E-state index in [2.05, 4.69) is 64.7 Å². The molecule has 0 saturated carbocycles. The number of methoxy groups -OCH3 is 1. The van der Waals surface area contributed by atoms with Gasteiger partial charge in [0, 0.05) is 17.1 Å². The van der Waals surface area contributed by atoms with Crippen molar-refractivity contribution in [3.8, 4) is 5.75 Å². The maximum atomic E-state index is 11.7. The molecule has 0 aliphatic rings. The third-order valence-electron chi connectivity index (χ3n) is 5.79. The van der Waals surface area contributed by atoms with Gasteiger partial charge in [0.15, 0.2) is 5.78 Å². The minimum atomic E-state index is -0.230. The summed E-state index contributed by atoms with van der Waals surface area (Å²) in [7, 11) is 1.65. The lowest BCUT2D eigenvalue weighted by molar-refractivity contribution is -0.117. The van der Waals surface area contributed by atoms with Gasteiger partial charge in [-0.1, -0.05) is 44.2 Å². The molecule has 1 heterocycles. The van der Waals surface area contributed by atoms with Crippen molar-refractivity contribution in [2.45, 2.75) is 67.3 Å². The maximum Gasteiger partial charge on any atom is 0.177 e. The monoisotopic (exact) mass is 464 g/mol. The highest BCUT2D eigenvalue weighted by atomic mass is 16.5. The normalized spacial score (nSPS) is 11.1. The molecular formula is C30H44N2O2. The second-order valence-corrected chi connectivity index (χ2v) is 8.72. The van der Waals surface area contributed by atoms with Gasteiger partial charge in [-0.25, -0.2) is 0 Å². The number of ketones is 1. The van der Waals surface area contributed by atoms with Crippen LogP contribution in [0.15, 0.2) is 55.3 Å². The second-order valence-electron chi connectivity index (χ2n) is 8.72. The fourth-order valence-corrected chi connectivity index (χ4v) is 3.53. The Hall–Kier alpha value is -2.85. The first-order valence-corrected chi connectivity index (χ1v) is 12.3. The summed E-state index contributed by atoms with van der Waals surface area (Å²) in [4.78, 5) is 11.7. The van der Waals surface area contributed by atoms with Crippen molar-refractivity contribution >= 4 is 16.7 Å². The SMILES string of the molecule is C=CC(=O)C(C)n1cc(C)c2cc(OC)ccc21.CCCNCCC.Cc1ccc(C)c(C)c1. The molecule has 0 spiro atoms. The molecule has 4 nitrogen and oxygen atoms in total. The van der Waals surface area contributed by atoms with E-state index in [-0.39, 0.29) is 11.8 Å². The summed E-state index contributed by atoms with van der Waals surface area (Å²) < 4.78 is 7.20. The number of aromatic nitrogens is 1. The Bertz CT molecular complexity index is 1050. The minimum absolute atomic E-state index is 0.0164. The molecule has 0 aliphatic heterocycles. The zero-order valence-corrected chi connectivity index (χ0v) is 22.5. The number of hydrogen-bond donors (Lipinski definition) is 1. The number of carbonyl (C=O) groups excluding carboxylic acids is 1. The number of aryl methyl sites for hydroxylation is 4. The molecular weight excluding hydrogens is 420 g/mol. The molecule has 1 N–H and O–H groups in total. The highest BCUT2D eigenvalue weighted by molar-refractivity contribution is 5.94. The summed E-state index contributed by atoms with van der Waals surface area (Å²) >= 11 is 0. The van der Waals surface area contributed by atoms with Gasteiger partial charge in [-0.15, -0.1) is 0 Å². The fraction of sp³-hybridized carbons (Fsp3) is 0.433. The Morgan fingerprint density at radius 3 is 2.15 bits per heavy atom. The van der Waals surface area contributed by atoms with Crippen LogP contribution in [0.5, 0.6) is 5.75 Å². The molecule has 0 amide bonds. The van der Waals surface area contributed by atoms with Crippen LogP contribution in [-0.2, 0) is 4.79 Å². The van der Waals surface area contributed by atoms with Crippen LogP contribution in [0.3, 0.4) is 0 Å². The van der Waals surface area contributed by atoms with E-state index in [0.717, 1.165) is 22.2 Å². The molecule has 1 atom stereocenters. The number of nitrogens with one attached hydrogen (secondary N) is 1. The second kappa shape index (κ2) is 15.1. The van der Waals surface area contributed by atoms with Crippen LogP contribution in [0.1, 0.15) is 61.9 Å². The number of rotatable bonds is 8. The lowest BCUT2D eigenvalue weighted by Gasteiger charge is -2.12. The van der Waals surface area contributed by atoms with Gasteiger partial charge in [0.25, 0.3) is 0 Å². The van der Waals surface area contributed by atoms with Gasteiger partial charge in [-0.2, -0.15) is 0 Å². The van der Waals surface area contributed by atoms with Gasteiger partial charge >= 0.3 is 0 Å². The van der Waals surface area contributed by atoms with Gasteiger partial charge in [0.1, 0.15) is 5.75 Å². The van der Waals surface area contributed by atoms with E-state index in [0.29, 0.717) is 0 Å². The Morgan fingerprint density at radius 2 is 1.65 bits per heavy atom. The summed E-state index contributed by atoms with van der Waals surface area (Å²) in [5.74, 6) is 0.841. The van der Waals surface area contributed by atoms with E-state index < -0.39 is 0 Å². The van der Waals surface area contributed by atoms with Crippen molar-refractivity contribution in [1.82, 2.24) is 9.88 Å². The van der Waals surface area contributed by atoms with E-state index in [1.165, 1.54) is 48.7 Å². The van der Waals surface area contributed by atoms with Gasteiger partial charge in [0.2, 0.25) is 0 Å². The van der Waals surface area contributed by atoms with Crippen LogP contribution in [0.25, 0.3) is 10.9 Å². The quantitative estimate of drug-likeness (QED) is 0.281. The van der Waals surface area contributed by atoms with Gasteiger partial charge in [-0.3, -0.25) is 4.79 Å². The predicted molar refractivity (Wildman–Crippen MR) is 147 cm³/mol. The number of hydrogen-bond acceptors (Lipinski definition) is 3. The van der Waals surface area contributed by atoms with Gasteiger partial charge < -0.3 is 14.6 Å². The topological polar surface area (TPSA) is 43.3 Å². The molecule has 0 aliphatic carbocycles. The molecule has 3 aromatic rings. The van der Waals surface area contributed by atoms with Crippen molar-refractivity contribution in [1.29, 1.82) is 0 Å². The van der Waals surface area contributed by atoms with Crippen molar-refractivity contribution in [3.63, 3.8) is 0 Å². The highest BCUT2D eigenvalue weighted by Gasteiger charge is 2.15. The smallest absolute Gasteiger partial charge is 0.177 e. The first-order chi connectivity index (χ1) is 16.2. The van der Waals surface area contributed by atoms with E-state index in [1.807, 2.05) is 42.8 Å². The Kier molecular flexibility index (Phi) is 13.0. The number of carbonyl (C=O) groups is 1. The molecule has 3 rings (SSSR count). The molecule has 0 fully saturated rings. The Balaban J connectivity index is 0.000000301. The Morgan fingerprint density at radius 1 is 1.00 bits per heavy atom. The lowest BCUT2D eigenvalue weighted by Crippen LogP contribution is -2.14. The van der Waals surface area contributed by atoms with Gasteiger partial charge in [0.05, 0.1) is 13.2 Å². The molecule has 4 heteroatoms. The molecule has 0 saturated heterocycles. The van der Waals surface area contributed by atoms with Crippen LogP contribution in [-0.4, -0.2) is 30.5 Å². The van der Waals surface area contributed by atoms with E-state index in [1.54, 1.807) is 7.11 Å². The molecule has 1 unspecified atom stereocenters. The van der Waals surface area contributed by atoms with Crippen LogP contribution < -0.4 is 10.1 Å². The maximum absolute atomic E-state index is 11.7. The first-order valence-electron chi connectivity index (χ1n) is 12.3. The predicted octanol–water partition coefficient (Wildman–Crippen LogP) is 7.28. The minimum Gasteiger partial charge on any atom is -0.497 e. The average molecular weight is 465 g/mol.